The fraction of sp³-hybridized carbons (Fsp3) is 0.727. The first-order valence-corrected chi connectivity index (χ1v) is 5.98. The van der Waals surface area contributed by atoms with E-state index < -0.39 is 5.54 Å². The molecular weight excluding hydrogens is 250 g/mol. The SMILES string of the molecule is COCC(C)N=C(NN)N1CC(=O)NC(=O)C1(C)C. The van der Waals surface area contributed by atoms with E-state index in [9.17, 15) is 9.59 Å². The molecule has 1 heterocycles. The van der Waals surface area contributed by atoms with Crippen molar-refractivity contribution in [1.29, 1.82) is 0 Å². The number of amides is 2. The second-order valence-electron chi connectivity index (χ2n) is 4.92. The number of nitrogens with zero attached hydrogens (tertiary/aromatic N) is 2. The summed E-state index contributed by atoms with van der Waals surface area (Å²) in [5.41, 5.74) is 1.54. The van der Waals surface area contributed by atoms with Crippen LogP contribution in [0.2, 0.25) is 0 Å². The van der Waals surface area contributed by atoms with Crippen molar-refractivity contribution in [1.82, 2.24) is 15.6 Å². The maximum Gasteiger partial charge on any atom is 0.252 e. The molecule has 0 spiro atoms. The van der Waals surface area contributed by atoms with Crippen LogP contribution >= 0.6 is 0 Å². The minimum absolute atomic E-state index is 0.0154. The number of carbonyl (C=O) groups is 2. The van der Waals surface area contributed by atoms with Gasteiger partial charge in [0, 0.05) is 7.11 Å². The molecule has 1 unspecified atom stereocenters. The van der Waals surface area contributed by atoms with E-state index in [1.54, 1.807) is 25.9 Å². The molecule has 1 fully saturated rings. The summed E-state index contributed by atoms with van der Waals surface area (Å²) in [6.45, 7) is 5.67. The molecule has 8 heteroatoms. The molecule has 1 atom stereocenters. The largest absolute Gasteiger partial charge is 0.382 e. The van der Waals surface area contributed by atoms with Crippen molar-refractivity contribution >= 4 is 17.8 Å². The molecule has 1 saturated heterocycles. The van der Waals surface area contributed by atoms with Gasteiger partial charge in [0.25, 0.3) is 5.91 Å². The molecule has 0 aliphatic carbocycles. The quantitative estimate of drug-likeness (QED) is 0.191. The standard InChI is InChI=1S/C11H21N5O3/c1-7(6-19-4)13-10(15-12)16-5-8(17)14-9(18)11(16,2)3/h7H,5-6,12H2,1-4H3,(H,13,15)(H,14,17,18). The van der Waals surface area contributed by atoms with Gasteiger partial charge in [-0.2, -0.15) is 0 Å². The molecular formula is C11H21N5O3. The Hall–Kier alpha value is -1.67. The zero-order valence-electron chi connectivity index (χ0n) is 11.7. The Morgan fingerprint density at radius 2 is 2.26 bits per heavy atom. The van der Waals surface area contributed by atoms with Gasteiger partial charge in [-0.15, -0.1) is 0 Å². The summed E-state index contributed by atoms with van der Waals surface area (Å²) in [5, 5.41) is 2.29. The van der Waals surface area contributed by atoms with Gasteiger partial charge in [-0.3, -0.25) is 20.3 Å². The predicted octanol–water partition coefficient (Wildman–Crippen LogP) is -1.42. The van der Waals surface area contributed by atoms with Crippen LogP contribution in [0.5, 0.6) is 0 Å². The lowest BCUT2D eigenvalue weighted by Gasteiger charge is -2.41. The van der Waals surface area contributed by atoms with Crippen molar-refractivity contribution in [3.63, 3.8) is 0 Å². The highest BCUT2D eigenvalue weighted by molar-refractivity contribution is 6.06. The van der Waals surface area contributed by atoms with Gasteiger partial charge in [0.05, 0.1) is 12.6 Å². The summed E-state index contributed by atoms with van der Waals surface area (Å²) in [6.07, 6.45) is 0. The lowest BCUT2D eigenvalue weighted by Crippen LogP contribution is -2.68. The maximum absolute atomic E-state index is 11.8. The van der Waals surface area contributed by atoms with E-state index in [1.165, 1.54) is 0 Å². The van der Waals surface area contributed by atoms with Gasteiger partial charge in [-0.05, 0) is 20.8 Å². The molecule has 19 heavy (non-hydrogen) atoms. The lowest BCUT2D eigenvalue weighted by molar-refractivity contribution is -0.142. The van der Waals surface area contributed by atoms with Gasteiger partial charge in [0.1, 0.15) is 12.1 Å². The van der Waals surface area contributed by atoms with Crippen molar-refractivity contribution in [3.8, 4) is 0 Å². The van der Waals surface area contributed by atoms with E-state index in [0.29, 0.717) is 6.61 Å². The molecule has 108 valence electrons. The van der Waals surface area contributed by atoms with Crippen LogP contribution in [0.1, 0.15) is 20.8 Å². The normalized spacial score (nSPS) is 21.1. The second kappa shape index (κ2) is 5.98. The third kappa shape index (κ3) is 3.42. The number of carbonyl (C=O) groups excluding carboxylic acids is 2. The highest BCUT2D eigenvalue weighted by Gasteiger charge is 2.42. The Kier molecular flexibility index (Phi) is 4.84. The fourth-order valence-corrected chi connectivity index (χ4v) is 1.79. The number of aliphatic imine (C=N–C) groups is 1. The number of nitrogens with one attached hydrogen (secondary N) is 2. The van der Waals surface area contributed by atoms with Crippen LogP contribution in [0, 0.1) is 0 Å². The number of guanidine groups is 1. The van der Waals surface area contributed by atoms with E-state index in [-0.39, 0.29) is 30.4 Å². The Balaban J connectivity index is 3.01. The molecule has 0 bridgehead atoms. The maximum atomic E-state index is 11.8. The molecule has 1 aliphatic rings. The zero-order chi connectivity index (χ0) is 14.6. The van der Waals surface area contributed by atoms with E-state index in [0.717, 1.165) is 0 Å². The van der Waals surface area contributed by atoms with E-state index >= 15 is 0 Å². The van der Waals surface area contributed by atoms with Crippen molar-refractivity contribution < 1.29 is 14.3 Å². The van der Waals surface area contributed by atoms with Crippen molar-refractivity contribution in [2.75, 3.05) is 20.3 Å². The smallest absolute Gasteiger partial charge is 0.252 e. The molecule has 0 aromatic rings. The average Bonchev–Trinajstić information content (AvgIpc) is 2.32. The van der Waals surface area contributed by atoms with Crippen molar-refractivity contribution in [2.45, 2.75) is 32.4 Å². The Morgan fingerprint density at radius 1 is 1.63 bits per heavy atom. The van der Waals surface area contributed by atoms with Crippen LogP contribution in [0.15, 0.2) is 4.99 Å². The summed E-state index contributed by atoms with van der Waals surface area (Å²) in [4.78, 5) is 29.2. The number of ether oxygens (including phenoxy) is 1. The van der Waals surface area contributed by atoms with Crippen LogP contribution in [-0.4, -0.2) is 54.5 Å². The van der Waals surface area contributed by atoms with E-state index in [4.69, 9.17) is 10.6 Å². The number of imide groups is 1. The van der Waals surface area contributed by atoms with Gasteiger partial charge < -0.3 is 9.64 Å². The molecule has 2 amide bonds. The second-order valence-corrected chi connectivity index (χ2v) is 4.92. The van der Waals surface area contributed by atoms with Gasteiger partial charge in [-0.25, -0.2) is 10.8 Å². The average molecular weight is 271 g/mol. The van der Waals surface area contributed by atoms with E-state index in [1.807, 2.05) is 6.92 Å². The van der Waals surface area contributed by atoms with Crippen LogP contribution < -0.4 is 16.6 Å². The molecule has 1 aliphatic heterocycles. The van der Waals surface area contributed by atoms with Gasteiger partial charge >= 0.3 is 0 Å². The minimum atomic E-state index is -0.911. The third-order valence-corrected chi connectivity index (χ3v) is 2.92. The molecule has 8 nitrogen and oxygen atoms in total. The zero-order valence-corrected chi connectivity index (χ0v) is 11.7. The summed E-state index contributed by atoms with van der Waals surface area (Å²) in [7, 11) is 1.57. The predicted molar refractivity (Wildman–Crippen MR) is 70.0 cm³/mol. The first-order chi connectivity index (χ1) is 8.82. The van der Waals surface area contributed by atoms with Gasteiger partial charge in [0.2, 0.25) is 11.9 Å². The number of hydrogen-bond acceptors (Lipinski definition) is 5. The van der Waals surface area contributed by atoms with Crippen LogP contribution in [-0.2, 0) is 14.3 Å². The lowest BCUT2D eigenvalue weighted by atomic mass is 9.99. The summed E-state index contributed by atoms with van der Waals surface area (Å²) in [5.74, 6) is 4.98. The molecule has 0 aromatic heterocycles. The number of nitrogens with two attached hydrogens (primary N) is 1. The van der Waals surface area contributed by atoms with Crippen molar-refractivity contribution in [2.24, 2.45) is 10.8 Å². The fourth-order valence-electron chi connectivity index (χ4n) is 1.79. The first kappa shape index (κ1) is 15.4. The summed E-state index contributed by atoms with van der Waals surface area (Å²) >= 11 is 0. The Morgan fingerprint density at radius 3 is 2.79 bits per heavy atom. The highest BCUT2D eigenvalue weighted by atomic mass is 16.5. The highest BCUT2D eigenvalue weighted by Crippen LogP contribution is 2.18. The Labute approximate surface area is 112 Å². The number of methoxy groups -OCH3 is 1. The first-order valence-electron chi connectivity index (χ1n) is 5.98. The van der Waals surface area contributed by atoms with Crippen LogP contribution in [0.25, 0.3) is 0 Å². The number of rotatable bonds is 3. The molecule has 1 rings (SSSR count). The summed E-state index contributed by atoms with van der Waals surface area (Å²) in [6, 6.07) is -0.146. The molecule has 0 radical (unpaired) electrons. The van der Waals surface area contributed by atoms with Crippen LogP contribution in [0.4, 0.5) is 0 Å². The van der Waals surface area contributed by atoms with Crippen molar-refractivity contribution in [3.05, 3.63) is 0 Å². The van der Waals surface area contributed by atoms with Gasteiger partial charge in [0.15, 0.2) is 0 Å². The number of hydrazine groups is 1. The van der Waals surface area contributed by atoms with Crippen LogP contribution in [0.3, 0.4) is 0 Å². The number of piperazine rings is 1. The molecule has 0 aromatic carbocycles. The molecule has 0 saturated carbocycles. The number of hydrogen-bond donors (Lipinski definition) is 3. The molecule has 4 N–H and O–H groups in total. The van der Waals surface area contributed by atoms with E-state index in [2.05, 4.69) is 15.7 Å². The minimum Gasteiger partial charge on any atom is -0.382 e. The topological polar surface area (TPSA) is 109 Å². The monoisotopic (exact) mass is 271 g/mol. The summed E-state index contributed by atoms with van der Waals surface area (Å²) < 4.78 is 4.99. The van der Waals surface area contributed by atoms with Gasteiger partial charge in [-0.1, -0.05) is 0 Å². The third-order valence-electron chi connectivity index (χ3n) is 2.92. The Bertz CT molecular complexity index is 394.